The van der Waals surface area contributed by atoms with Crippen molar-refractivity contribution in [2.75, 3.05) is 11.9 Å². The number of nitrogens with zero attached hydrogens (tertiary/aromatic N) is 4. The average molecular weight is 493 g/mol. The molecule has 0 spiro atoms. The van der Waals surface area contributed by atoms with Gasteiger partial charge in [0.25, 0.3) is 5.91 Å². The topological polar surface area (TPSA) is 109 Å². The summed E-state index contributed by atoms with van der Waals surface area (Å²) in [6.07, 6.45) is -2.24. The molecular formula is C21H16ClF3N6O3. The normalized spacial score (nSPS) is 18.2. The van der Waals surface area contributed by atoms with Crippen LogP contribution in [0.15, 0.2) is 55.1 Å². The number of aromatic nitrogens is 3. The molecule has 4 amide bonds. The number of hydrogen-bond donors (Lipinski definition) is 2. The standard InChI is InChI=1S/C21H16ClF3N6O3/c1-20(12-2-5-14(22)6-3-12)18(33)30(19(34)29-20)9-17(32)28-15-8-13(21(23,24)25)4-7-16(15)31-11-26-10-27-31/h2-8,10-11H,9H2,1H3,(H,28,32)(H,29,34). The van der Waals surface area contributed by atoms with Gasteiger partial charge in [-0.1, -0.05) is 23.7 Å². The van der Waals surface area contributed by atoms with E-state index in [9.17, 15) is 27.6 Å². The van der Waals surface area contributed by atoms with Crippen LogP contribution in [0.25, 0.3) is 5.69 Å². The summed E-state index contributed by atoms with van der Waals surface area (Å²) in [7, 11) is 0. The minimum absolute atomic E-state index is 0.113. The van der Waals surface area contributed by atoms with Crippen molar-refractivity contribution in [2.45, 2.75) is 18.6 Å². The second-order valence-electron chi connectivity index (χ2n) is 7.57. The number of imide groups is 1. The van der Waals surface area contributed by atoms with Crippen molar-refractivity contribution >= 4 is 35.1 Å². The summed E-state index contributed by atoms with van der Waals surface area (Å²) in [6, 6.07) is 8.11. The predicted molar refractivity (Wildman–Crippen MR) is 114 cm³/mol. The van der Waals surface area contributed by atoms with E-state index in [1.165, 1.54) is 24.3 Å². The first-order valence-corrected chi connectivity index (χ1v) is 10.1. The second kappa shape index (κ2) is 8.45. The van der Waals surface area contributed by atoms with Gasteiger partial charge in [0.15, 0.2) is 0 Å². The molecule has 34 heavy (non-hydrogen) atoms. The second-order valence-corrected chi connectivity index (χ2v) is 8.01. The summed E-state index contributed by atoms with van der Waals surface area (Å²) in [5.41, 5.74) is -2.11. The molecule has 1 aliphatic rings. The third-order valence-electron chi connectivity index (χ3n) is 5.26. The van der Waals surface area contributed by atoms with Gasteiger partial charge in [0.2, 0.25) is 5.91 Å². The van der Waals surface area contributed by atoms with Gasteiger partial charge in [-0.2, -0.15) is 18.3 Å². The van der Waals surface area contributed by atoms with Gasteiger partial charge in [-0.15, -0.1) is 0 Å². The van der Waals surface area contributed by atoms with Crippen LogP contribution in [-0.2, 0) is 21.3 Å². The van der Waals surface area contributed by atoms with Crippen molar-refractivity contribution in [1.29, 1.82) is 0 Å². The van der Waals surface area contributed by atoms with Crippen LogP contribution in [0.3, 0.4) is 0 Å². The summed E-state index contributed by atoms with van der Waals surface area (Å²) in [6.45, 7) is 0.755. The number of carbonyl (C=O) groups is 3. The molecule has 1 atom stereocenters. The molecular weight excluding hydrogens is 477 g/mol. The number of carbonyl (C=O) groups excluding carboxylic acids is 3. The fourth-order valence-electron chi connectivity index (χ4n) is 3.50. The molecule has 1 saturated heterocycles. The number of urea groups is 1. The van der Waals surface area contributed by atoms with Crippen LogP contribution in [0.5, 0.6) is 0 Å². The van der Waals surface area contributed by atoms with Gasteiger partial charge in [0.1, 0.15) is 24.7 Å². The molecule has 0 bridgehead atoms. The number of alkyl halides is 3. The smallest absolute Gasteiger partial charge is 0.323 e. The van der Waals surface area contributed by atoms with Gasteiger partial charge in [0.05, 0.1) is 16.9 Å². The summed E-state index contributed by atoms with van der Waals surface area (Å²) in [5.74, 6) is -1.58. The molecule has 2 N–H and O–H groups in total. The number of benzene rings is 2. The SMILES string of the molecule is CC1(c2ccc(Cl)cc2)NC(=O)N(CC(=O)Nc2cc(C(F)(F)F)ccc2-n2cncn2)C1=O. The van der Waals surface area contributed by atoms with E-state index in [1.54, 1.807) is 24.3 Å². The molecule has 0 radical (unpaired) electrons. The lowest BCUT2D eigenvalue weighted by Gasteiger charge is -2.22. The Morgan fingerprint density at radius 2 is 1.88 bits per heavy atom. The number of halogens is 4. The highest BCUT2D eigenvalue weighted by atomic mass is 35.5. The van der Waals surface area contributed by atoms with Crippen molar-refractivity contribution in [3.8, 4) is 5.69 Å². The van der Waals surface area contributed by atoms with Gasteiger partial charge >= 0.3 is 12.2 Å². The van der Waals surface area contributed by atoms with Gasteiger partial charge in [-0.25, -0.2) is 14.5 Å². The van der Waals surface area contributed by atoms with E-state index in [0.29, 0.717) is 15.5 Å². The van der Waals surface area contributed by atoms with E-state index in [0.717, 1.165) is 18.2 Å². The van der Waals surface area contributed by atoms with E-state index in [2.05, 4.69) is 20.7 Å². The van der Waals surface area contributed by atoms with Gasteiger partial charge in [0, 0.05) is 5.02 Å². The fraction of sp³-hybridized carbons (Fsp3) is 0.190. The van der Waals surface area contributed by atoms with Crippen LogP contribution < -0.4 is 10.6 Å². The van der Waals surface area contributed by atoms with E-state index in [-0.39, 0.29) is 11.4 Å². The molecule has 176 valence electrons. The zero-order valence-electron chi connectivity index (χ0n) is 17.4. The number of hydrogen-bond acceptors (Lipinski definition) is 5. The molecule has 3 aromatic rings. The van der Waals surface area contributed by atoms with Crippen LogP contribution in [0.1, 0.15) is 18.1 Å². The highest BCUT2D eigenvalue weighted by Crippen LogP contribution is 2.34. The van der Waals surface area contributed by atoms with Gasteiger partial charge in [-0.3, -0.25) is 14.5 Å². The lowest BCUT2D eigenvalue weighted by Crippen LogP contribution is -2.42. The van der Waals surface area contributed by atoms with E-state index >= 15 is 0 Å². The van der Waals surface area contributed by atoms with Crippen LogP contribution in [-0.4, -0.2) is 44.1 Å². The Balaban J connectivity index is 1.57. The van der Waals surface area contributed by atoms with Gasteiger partial charge < -0.3 is 10.6 Å². The molecule has 9 nitrogen and oxygen atoms in total. The maximum Gasteiger partial charge on any atom is 0.416 e. The molecule has 2 aromatic carbocycles. The fourth-order valence-corrected chi connectivity index (χ4v) is 3.62. The Labute approximate surface area is 195 Å². The molecule has 1 aliphatic heterocycles. The highest BCUT2D eigenvalue weighted by Gasteiger charge is 2.49. The van der Waals surface area contributed by atoms with Crippen molar-refractivity contribution < 1.29 is 27.6 Å². The number of rotatable bonds is 5. The first-order valence-electron chi connectivity index (χ1n) is 9.75. The monoisotopic (exact) mass is 492 g/mol. The molecule has 0 aliphatic carbocycles. The Hall–Kier alpha value is -3.93. The van der Waals surface area contributed by atoms with E-state index < -0.39 is 41.7 Å². The maximum atomic E-state index is 13.2. The summed E-state index contributed by atoms with van der Waals surface area (Å²) in [5, 5.41) is 9.18. The summed E-state index contributed by atoms with van der Waals surface area (Å²) < 4.78 is 40.8. The van der Waals surface area contributed by atoms with E-state index in [4.69, 9.17) is 11.6 Å². The number of anilines is 1. The lowest BCUT2D eigenvalue weighted by molar-refractivity contribution is -0.137. The lowest BCUT2D eigenvalue weighted by atomic mass is 9.92. The van der Waals surface area contributed by atoms with Crippen LogP contribution in [0, 0.1) is 0 Å². The zero-order valence-corrected chi connectivity index (χ0v) is 18.2. The minimum atomic E-state index is -4.66. The van der Waals surface area contributed by atoms with Crippen molar-refractivity contribution in [2.24, 2.45) is 0 Å². The van der Waals surface area contributed by atoms with Crippen molar-refractivity contribution in [3.05, 3.63) is 71.3 Å². The number of amides is 4. The first-order chi connectivity index (χ1) is 16.0. The molecule has 13 heteroatoms. The molecule has 4 rings (SSSR count). The minimum Gasteiger partial charge on any atom is -0.323 e. The van der Waals surface area contributed by atoms with Crippen LogP contribution in [0.2, 0.25) is 5.02 Å². The third kappa shape index (κ3) is 4.31. The Kier molecular flexibility index (Phi) is 5.77. The third-order valence-corrected chi connectivity index (χ3v) is 5.51. The van der Waals surface area contributed by atoms with Gasteiger partial charge in [-0.05, 0) is 42.8 Å². The average Bonchev–Trinajstić information content (AvgIpc) is 3.37. The summed E-state index contributed by atoms with van der Waals surface area (Å²) >= 11 is 5.88. The zero-order chi connectivity index (χ0) is 24.7. The summed E-state index contributed by atoms with van der Waals surface area (Å²) in [4.78, 5) is 42.6. The largest absolute Gasteiger partial charge is 0.416 e. The first kappa shape index (κ1) is 23.2. The molecule has 1 fully saturated rings. The Bertz CT molecular complexity index is 1260. The Morgan fingerprint density at radius 1 is 1.18 bits per heavy atom. The molecule has 1 aromatic heterocycles. The molecule has 2 heterocycles. The Morgan fingerprint density at radius 3 is 2.50 bits per heavy atom. The van der Waals surface area contributed by atoms with Crippen LogP contribution >= 0.6 is 11.6 Å². The maximum absolute atomic E-state index is 13.2. The number of nitrogens with one attached hydrogen (secondary N) is 2. The van der Waals surface area contributed by atoms with Crippen molar-refractivity contribution in [3.63, 3.8) is 0 Å². The van der Waals surface area contributed by atoms with Crippen molar-refractivity contribution in [1.82, 2.24) is 25.0 Å². The predicted octanol–water partition coefficient (Wildman–Crippen LogP) is 3.35. The highest BCUT2D eigenvalue weighted by molar-refractivity contribution is 6.30. The molecule has 1 unspecified atom stereocenters. The molecule has 0 saturated carbocycles. The van der Waals surface area contributed by atoms with E-state index in [1.807, 2.05) is 0 Å². The quantitative estimate of drug-likeness (QED) is 0.531. The van der Waals surface area contributed by atoms with Crippen LogP contribution in [0.4, 0.5) is 23.7 Å².